The van der Waals surface area contributed by atoms with Gasteiger partial charge in [0.1, 0.15) is 0 Å². The summed E-state index contributed by atoms with van der Waals surface area (Å²) in [5, 5.41) is 0. The van der Waals surface area contributed by atoms with E-state index in [9.17, 15) is 31.1 Å². The van der Waals surface area contributed by atoms with Crippen LogP contribution in [-0.4, -0.2) is 41.9 Å². The van der Waals surface area contributed by atoms with E-state index in [1.165, 1.54) is 17.5 Å². The number of alkyl halides is 6. The standard InChI is InChI=1S/C34H36F6N2O/c1-41(23-24-20-28(33(35,36)37)22-29(21-24)34(38,39)40)31(43)32(27-10-6-3-7-11-27)16-12-30(13-17-32)42-18-14-26(15-19-42)25-8-4-2-5-9-25/h2-11,20-22,26,30H,12-19,23H2,1H3/t30-,32-. The normalized spacial score (nSPS) is 22.3. The van der Waals surface area contributed by atoms with E-state index in [4.69, 9.17) is 0 Å². The van der Waals surface area contributed by atoms with Crippen LogP contribution in [-0.2, 0) is 29.1 Å². The van der Waals surface area contributed by atoms with Gasteiger partial charge in [0.2, 0.25) is 5.91 Å². The molecule has 2 aliphatic rings. The molecule has 1 aliphatic heterocycles. The lowest BCUT2D eigenvalue weighted by atomic mass is 9.66. The lowest BCUT2D eigenvalue weighted by Gasteiger charge is -2.46. The average Bonchev–Trinajstić information content (AvgIpc) is 3.00. The molecule has 0 aromatic heterocycles. The van der Waals surface area contributed by atoms with Gasteiger partial charge in [-0.25, -0.2) is 0 Å². The highest BCUT2D eigenvalue weighted by molar-refractivity contribution is 5.88. The Morgan fingerprint density at radius 3 is 1.81 bits per heavy atom. The predicted octanol–water partition coefficient (Wildman–Crippen LogP) is 8.44. The molecule has 1 heterocycles. The van der Waals surface area contributed by atoms with Gasteiger partial charge in [0.05, 0.1) is 16.5 Å². The molecule has 0 unspecified atom stereocenters. The van der Waals surface area contributed by atoms with Crippen LogP contribution in [0.4, 0.5) is 26.3 Å². The van der Waals surface area contributed by atoms with E-state index in [1.807, 2.05) is 36.4 Å². The Morgan fingerprint density at radius 1 is 0.791 bits per heavy atom. The van der Waals surface area contributed by atoms with Crippen LogP contribution >= 0.6 is 0 Å². The molecule has 3 aromatic carbocycles. The van der Waals surface area contributed by atoms with E-state index in [0.29, 0.717) is 36.9 Å². The van der Waals surface area contributed by atoms with Crippen LogP contribution in [0, 0.1) is 0 Å². The molecule has 3 aromatic rings. The fraction of sp³-hybridized carbons (Fsp3) is 0.441. The summed E-state index contributed by atoms with van der Waals surface area (Å²) in [5.74, 6) is 0.249. The fourth-order valence-corrected chi connectivity index (χ4v) is 6.99. The number of piperidine rings is 1. The smallest absolute Gasteiger partial charge is 0.341 e. The van der Waals surface area contributed by atoms with Gasteiger partial charge in [-0.1, -0.05) is 60.7 Å². The second-order valence-electron chi connectivity index (χ2n) is 12.0. The molecule has 0 atom stereocenters. The van der Waals surface area contributed by atoms with Gasteiger partial charge in [-0.15, -0.1) is 0 Å². The van der Waals surface area contributed by atoms with Gasteiger partial charge in [-0.3, -0.25) is 4.79 Å². The number of nitrogens with zero attached hydrogens (tertiary/aromatic N) is 2. The number of amides is 1. The first-order valence-corrected chi connectivity index (χ1v) is 14.8. The van der Waals surface area contributed by atoms with Crippen molar-refractivity contribution in [1.29, 1.82) is 0 Å². The van der Waals surface area contributed by atoms with Crippen molar-refractivity contribution in [2.45, 2.75) is 74.8 Å². The van der Waals surface area contributed by atoms with Crippen molar-refractivity contribution in [2.75, 3.05) is 20.1 Å². The van der Waals surface area contributed by atoms with Crippen LogP contribution in [0.5, 0.6) is 0 Å². The number of likely N-dealkylation sites (tertiary alicyclic amines) is 1. The Labute approximate surface area is 248 Å². The molecule has 0 bridgehead atoms. The molecule has 1 saturated heterocycles. The summed E-state index contributed by atoms with van der Waals surface area (Å²) < 4.78 is 80.7. The first-order valence-electron chi connectivity index (χ1n) is 14.8. The van der Waals surface area contributed by atoms with Crippen LogP contribution < -0.4 is 0 Å². The maximum atomic E-state index is 14.1. The van der Waals surface area contributed by atoms with E-state index in [-0.39, 0.29) is 24.1 Å². The van der Waals surface area contributed by atoms with E-state index in [0.717, 1.165) is 44.3 Å². The lowest BCUT2D eigenvalue weighted by molar-refractivity contribution is -0.143. The Balaban J connectivity index is 1.32. The maximum absolute atomic E-state index is 14.1. The van der Waals surface area contributed by atoms with Gasteiger partial charge >= 0.3 is 12.4 Å². The van der Waals surface area contributed by atoms with Crippen molar-refractivity contribution in [3.05, 3.63) is 107 Å². The van der Waals surface area contributed by atoms with Crippen LogP contribution in [0.25, 0.3) is 0 Å². The summed E-state index contributed by atoms with van der Waals surface area (Å²) in [6.45, 7) is 1.60. The van der Waals surface area contributed by atoms with Crippen LogP contribution in [0.15, 0.2) is 78.9 Å². The molecule has 1 saturated carbocycles. The summed E-state index contributed by atoms with van der Waals surface area (Å²) in [6, 6.07) is 21.7. The van der Waals surface area contributed by atoms with Crippen molar-refractivity contribution >= 4 is 5.91 Å². The second-order valence-corrected chi connectivity index (χ2v) is 12.0. The summed E-state index contributed by atoms with van der Waals surface area (Å²) in [7, 11) is 1.46. The third-order valence-electron chi connectivity index (χ3n) is 9.28. The number of rotatable bonds is 6. The van der Waals surface area contributed by atoms with E-state index in [2.05, 4.69) is 29.2 Å². The van der Waals surface area contributed by atoms with Crippen LogP contribution in [0.3, 0.4) is 0 Å². The summed E-state index contributed by atoms with van der Waals surface area (Å²) >= 11 is 0. The molecule has 1 amide bonds. The molecule has 5 rings (SSSR count). The van der Waals surface area contributed by atoms with Crippen LogP contribution in [0.1, 0.15) is 72.3 Å². The Kier molecular flexibility index (Phi) is 8.93. The van der Waals surface area contributed by atoms with Crippen molar-refractivity contribution in [1.82, 2.24) is 9.80 Å². The SMILES string of the molecule is CN(Cc1cc(C(F)(F)F)cc(C(F)(F)F)c1)C(=O)[C@]1(c2ccccc2)CC[C@@H](N2CCC(c3ccccc3)CC2)CC1. The molecule has 1 aliphatic carbocycles. The largest absolute Gasteiger partial charge is 0.416 e. The minimum absolute atomic E-state index is 0.112. The first-order chi connectivity index (χ1) is 20.4. The van der Waals surface area contributed by atoms with Gasteiger partial charge in [0.15, 0.2) is 0 Å². The first kappa shape index (κ1) is 31.1. The van der Waals surface area contributed by atoms with Gasteiger partial charge < -0.3 is 9.80 Å². The lowest BCUT2D eigenvalue weighted by Crippen LogP contribution is -2.51. The monoisotopic (exact) mass is 602 g/mol. The molecule has 0 spiro atoms. The maximum Gasteiger partial charge on any atom is 0.416 e. The summed E-state index contributed by atoms with van der Waals surface area (Å²) in [5.41, 5.74) is -1.68. The minimum atomic E-state index is -4.95. The van der Waals surface area contributed by atoms with Crippen molar-refractivity contribution in [3.8, 4) is 0 Å². The van der Waals surface area contributed by atoms with Crippen molar-refractivity contribution < 1.29 is 31.1 Å². The van der Waals surface area contributed by atoms with Crippen molar-refractivity contribution in [3.63, 3.8) is 0 Å². The third kappa shape index (κ3) is 6.92. The zero-order valence-corrected chi connectivity index (χ0v) is 24.1. The molecule has 230 valence electrons. The number of likely N-dealkylation sites (N-methyl/N-ethyl adjacent to an activating group) is 1. The number of carbonyl (C=O) groups excluding carboxylic acids is 1. The fourth-order valence-electron chi connectivity index (χ4n) is 6.99. The summed E-state index contributed by atoms with van der Waals surface area (Å²) in [6.07, 6.45) is -5.07. The summed E-state index contributed by atoms with van der Waals surface area (Å²) in [4.78, 5) is 17.9. The Hall–Kier alpha value is -3.33. The molecular formula is C34H36F6N2O. The van der Waals surface area contributed by atoms with E-state index < -0.39 is 28.9 Å². The molecular weight excluding hydrogens is 566 g/mol. The molecule has 0 N–H and O–H groups in total. The predicted molar refractivity (Wildman–Crippen MR) is 153 cm³/mol. The molecule has 0 radical (unpaired) electrons. The van der Waals surface area contributed by atoms with Gasteiger partial charge in [0, 0.05) is 19.6 Å². The average molecular weight is 603 g/mol. The number of carbonyl (C=O) groups is 1. The van der Waals surface area contributed by atoms with Gasteiger partial charge in [-0.05, 0) is 92.4 Å². The molecule has 43 heavy (non-hydrogen) atoms. The number of halogens is 6. The topological polar surface area (TPSA) is 23.6 Å². The quantitative estimate of drug-likeness (QED) is 0.265. The zero-order valence-electron chi connectivity index (χ0n) is 24.1. The van der Waals surface area contributed by atoms with Crippen molar-refractivity contribution in [2.24, 2.45) is 0 Å². The highest BCUT2D eigenvalue weighted by Crippen LogP contribution is 2.44. The minimum Gasteiger partial charge on any atom is -0.341 e. The van der Waals surface area contributed by atoms with Crippen LogP contribution in [0.2, 0.25) is 0 Å². The van der Waals surface area contributed by atoms with E-state index in [1.54, 1.807) is 0 Å². The Bertz CT molecular complexity index is 1340. The highest BCUT2D eigenvalue weighted by Gasteiger charge is 2.46. The highest BCUT2D eigenvalue weighted by atomic mass is 19.4. The third-order valence-corrected chi connectivity index (χ3v) is 9.28. The second kappa shape index (κ2) is 12.3. The molecule has 9 heteroatoms. The number of hydrogen-bond donors (Lipinski definition) is 0. The number of benzene rings is 3. The van der Waals surface area contributed by atoms with Gasteiger partial charge in [0.25, 0.3) is 0 Å². The zero-order chi connectivity index (χ0) is 30.8. The van der Waals surface area contributed by atoms with Gasteiger partial charge in [-0.2, -0.15) is 26.3 Å². The van der Waals surface area contributed by atoms with E-state index >= 15 is 0 Å². The molecule has 3 nitrogen and oxygen atoms in total. The molecule has 2 fully saturated rings. The Morgan fingerprint density at radius 2 is 1.30 bits per heavy atom. The number of hydrogen-bond acceptors (Lipinski definition) is 2.